The Morgan fingerprint density at radius 1 is 0.881 bits per heavy atom. The van der Waals surface area contributed by atoms with Crippen LogP contribution in [0, 0.1) is 0 Å². The number of alkyl halides is 3. The van der Waals surface area contributed by atoms with Crippen LogP contribution >= 0.6 is 0 Å². The maximum absolute atomic E-state index is 13.7. The molecule has 1 saturated carbocycles. The van der Waals surface area contributed by atoms with Gasteiger partial charge in [-0.2, -0.15) is 13.2 Å². The number of aromatic nitrogens is 1. The molecule has 2 heterocycles. The van der Waals surface area contributed by atoms with Gasteiger partial charge in [-0.3, -0.25) is 9.78 Å². The van der Waals surface area contributed by atoms with E-state index in [1.165, 1.54) is 43.9 Å². The first-order valence-electron chi connectivity index (χ1n) is 14.9. The molecule has 0 bridgehead atoms. The van der Waals surface area contributed by atoms with Crippen LogP contribution in [0.4, 0.5) is 24.5 Å². The Balaban J connectivity index is 1.32. The van der Waals surface area contributed by atoms with Crippen molar-refractivity contribution in [3.05, 3.63) is 95.8 Å². The summed E-state index contributed by atoms with van der Waals surface area (Å²) in [5.41, 5.74) is 2.97. The second-order valence-corrected chi connectivity index (χ2v) is 11.4. The van der Waals surface area contributed by atoms with Crippen LogP contribution in [-0.4, -0.2) is 52.9 Å². The Labute approximate surface area is 246 Å². The molecule has 2 aromatic carbocycles. The summed E-state index contributed by atoms with van der Waals surface area (Å²) in [5, 5.41) is 0. The van der Waals surface area contributed by atoms with Gasteiger partial charge in [-0.15, -0.1) is 0 Å². The SMILES string of the molecule is CN(c1ccncc1)c1ccc(CN(C(=O)/C=C/c2ccc(C(F)(F)F)cc2)C2CCCN(C3CCCC3)CC2)cc1. The average molecular weight is 577 g/mol. The lowest BCUT2D eigenvalue weighted by molar-refractivity contribution is -0.137. The third kappa shape index (κ3) is 7.59. The first-order valence-corrected chi connectivity index (χ1v) is 14.9. The Morgan fingerprint density at radius 2 is 1.55 bits per heavy atom. The van der Waals surface area contributed by atoms with Gasteiger partial charge in [0.15, 0.2) is 0 Å². The Kier molecular flexibility index (Phi) is 9.62. The van der Waals surface area contributed by atoms with E-state index in [0.717, 1.165) is 61.4 Å². The van der Waals surface area contributed by atoms with E-state index in [1.54, 1.807) is 18.5 Å². The fourth-order valence-corrected chi connectivity index (χ4v) is 6.22. The minimum Gasteiger partial charge on any atom is -0.345 e. The zero-order chi connectivity index (χ0) is 29.5. The summed E-state index contributed by atoms with van der Waals surface area (Å²) >= 11 is 0. The number of amides is 1. The van der Waals surface area contributed by atoms with E-state index in [0.29, 0.717) is 18.2 Å². The van der Waals surface area contributed by atoms with E-state index in [1.807, 2.05) is 24.1 Å². The largest absolute Gasteiger partial charge is 0.416 e. The lowest BCUT2D eigenvalue weighted by atomic mass is 10.0. The Bertz CT molecular complexity index is 1320. The molecule has 1 unspecified atom stereocenters. The van der Waals surface area contributed by atoms with E-state index < -0.39 is 11.7 Å². The molecule has 5 rings (SSSR count). The molecule has 1 aliphatic heterocycles. The van der Waals surface area contributed by atoms with Crippen molar-refractivity contribution in [3.8, 4) is 0 Å². The highest BCUT2D eigenvalue weighted by Gasteiger charge is 2.31. The van der Waals surface area contributed by atoms with Gasteiger partial charge < -0.3 is 14.7 Å². The van der Waals surface area contributed by atoms with E-state index >= 15 is 0 Å². The number of rotatable bonds is 8. The van der Waals surface area contributed by atoms with Crippen LogP contribution in [0.2, 0.25) is 0 Å². The van der Waals surface area contributed by atoms with Crippen LogP contribution in [-0.2, 0) is 17.5 Å². The molecule has 0 radical (unpaired) electrons. The van der Waals surface area contributed by atoms with Gasteiger partial charge in [-0.25, -0.2) is 0 Å². The molecule has 1 aromatic heterocycles. The number of hydrogen-bond donors (Lipinski definition) is 0. The summed E-state index contributed by atoms with van der Waals surface area (Å²) in [6, 6.07) is 17.8. The summed E-state index contributed by atoms with van der Waals surface area (Å²) in [4.78, 5) is 24.4. The highest BCUT2D eigenvalue weighted by atomic mass is 19.4. The van der Waals surface area contributed by atoms with Crippen LogP contribution in [0.3, 0.4) is 0 Å². The monoisotopic (exact) mass is 576 g/mol. The molecule has 42 heavy (non-hydrogen) atoms. The lowest BCUT2D eigenvalue weighted by Gasteiger charge is -2.31. The Hall–Kier alpha value is -3.65. The van der Waals surface area contributed by atoms with Gasteiger partial charge in [-0.05, 0) is 92.2 Å². The number of carbonyl (C=O) groups is 1. The predicted octanol–water partition coefficient (Wildman–Crippen LogP) is 7.71. The Morgan fingerprint density at radius 3 is 2.21 bits per heavy atom. The number of benzene rings is 2. The summed E-state index contributed by atoms with van der Waals surface area (Å²) in [5.74, 6) is -0.118. The van der Waals surface area contributed by atoms with Crippen LogP contribution in [0.5, 0.6) is 0 Å². The molecule has 3 aromatic rings. The van der Waals surface area contributed by atoms with Crippen molar-refractivity contribution in [3.63, 3.8) is 0 Å². The molecular weight excluding hydrogens is 537 g/mol. The van der Waals surface area contributed by atoms with Crippen molar-refractivity contribution in [2.75, 3.05) is 25.0 Å². The van der Waals surface area contributed by atoms with Gasteiger partial charge in [0.2, 0.25) is 5.91 Å². The molecule has 2 fully saturated rings. The highest BCUT2D eigenvalue weighted by Crippen LogP contribution is 2.30. The van der Waals surface area contributed by atoms with Crippen molar-refractivity contribution in [1.29, 1.82) is 0 Å². The van der Waals surface area contributed by atoms with E-state index in [9.17, 15) is 18.0 Å². The number of hydrogen-bond acceptors (Lipinski definition) is 4. The zero-order valence-corrected chi connectivity index (χ0v) is 24.1. The third-order valence-corrected chi connectivity index (χ3v) is 8.68. The summed E-state index contributed by atoms with van der Waals surface area (Å²) in [6.45, 7) is 2.53. The summed E-state index contributed by atoms with van der Waals surface area (Å²) in [6.07, 6.45) is 10.3. The quantitative estimate of drug-likeness (QED) is 0.258. The van der Waals surface area contributed by atoms with Crippen LogP contribution < -0.4 is 4.90 Å². The van der Waals surface area contributed by atoms with E-state index in [2.05, 4.69) is 39.0 Å². The third-order valence-electron chi connectivity index (χ3n) is 8.68. The minimum absolute atomic E-state index is 0.0975. The molecule has 1 amide bonds. The summed E-state index contributed by atoms with van der Waals surface area (Å²) in [7, 11) is 2.01. The second kappa shape index (κ2) is 13.6. The number of anilines is 2. The van der Waals surface area contributed by atoms with E-state index in [-0.39, 0.29) is 11.9 Å². The number of nitrogens with zero attached hydrogens (tertiary/aromatic N) is 4. The average Bonchev–Trinajstić information content (AvgIpc) is 3.44. The number of halogens is 3. The van der Waals surface area contributed by atoms with Gasteiger partial charge in [-0.1, -0.05) is 37.1 Å². The fourth-order valence-electron chi connectivity index (χ4n) is 6.22. The predicted molar refractivity (Wildman–Crippen MR) is 161 cm³/mol. The van der Waals surface area contributed by atoms with Crippen LogP contribution in [0.15, 0.2) is 79.1 Å². The molecule has 0 spiro atoms. The normalized spacial score (nSPS) is 18.7. The van der Waals surface area contributed by atoms with Gasteiger partial charge in [0.25, 0.3) is 0 Å². The number of likely N-dealkylation sites (tertiary alicyclic amines) is 1. The van der Waals surface area contributed by atoms with Crippen molar-refractivity contribution in [1.82, 2.24) is 14.8 Å². The molecule has 1 atom stereocenters. The minimum atomic E-state index is -4.39. The molecule has 5 nitrogen and oxygen atoms in total. The second-order valence-electron chi connectivity index (χ2n) is 11.4. The van der Waals surface area contributed by atoms with Gasteiger partial charge >= 0.3 is 6.18 Å². The smallest absolute Gasteiger partial charge is 0.345 e. The molecule has 0 N–H and O–H groups in total. The van der Waals surface area contributed by atoms with Crippen LogP contribution in [0.1, 0.15) is 61.6 Å². The molecule has 2 aliphatic rings. The highest BCUT2D eigenvalue weighted by molar-refractivity contribution is 5.92. The lowest BCUT2D eigenvalue weighted by Crippen LogP contribution is -2.40. The van der Waals surface area contributed by atoms with Gasteiger partial charge in [0.1, 0.15) is 0 Å². The first kappa shape index (κ1) is 29.8. The number of pyridine rings is 1. The maximum Gasteiger partial charge on any atom is 0.416 e. The van der Waals surface area contributed by atoms with Gasteiger partial charge in [0.05, 0.1) is 5.56 Å². The van der Waals surface area contributed by atoms with Crippen molar-refractivity contribution >= 4 is 23.4 Å². The fraction of sp³-hybridized carbons (Fsp3) is 0.412. The summed E-state index contributed by atoms with van der Waals surface area (Å²) < 4.78 is 38.9. The molecule has 1 saturated heterocycles. The standard InChI is InChI=1S/C34H39F3N4O/c1-39(30-18-21-38-22-19-30)29-15-10-27(11-16-29)25-41(32-7-4-23-40(24-20-32)31-5-2-3-6-31)33(42)17-12-26-8-13-28(14-9-26)34(35,36)37/h8-19,21-22,31-32H,2-7,20,23-25H2,1H3/b17-12+. The van der Waals surface area contributed by atoms with E-state index in [4.69, 9.17) is 0 Å². The van der Waals surface area contributed by atoms with Crippen molar-refractivity contribution in [2.24, 2.45) is 0 Å². The molecular formula is C34H39F3N4O. The first-order chi connectivity index (χ1) is 20.3. The molecule has 222 valence electrons. The zero-order valence-electron chi connectivity index (χ0n) is 24.1. The molecule has 1 aliphatic carbocycles. The van der Waals surface area contributed by atoms with Crippen molar-refractivity contribution < 1.29 is 18.0 Å². The number of carbonyl (C=O) groups excluding carboxylic acids is 1. The van der Waals surface area contributed by atoms with Crippen LogP contribution in [0.25, 0.3) is 6.08 Å². The van der Waals surface area contributed by atoms with Gasteiger partial charge in [0, 0.05) is 62.1 Å². The van der Waals surface area contributed by atoms with Crippen molar-refractivity contribution in [2.45, 2.75) is 69.8 Å². The molecule has 8 heteroatoms. The maximum atomic E-state index is 13.7. The topological polar surface area (TPSA) is 39.7 Å².